The largest absolute Gasteiger partial charge is 0.462 e. The maximum absolute atomic E-state index is 12.8. The Hall–Kier alpha value is -3.93. The molecule has 0 aromatic heterocycles. The molecule has 6 nitrogen and oxygen atoms in total. The summed E-state index contributed by atoms with van der Waals surface area (Å²) < 4.78 is 16.8. The van der Waals surface area contributed by atoms with Crippen molar-refractivity contribution >= 4 is 17.9 Å². The lowest BCUT2D eigenvalue weighted by Gasteiger charge is -2.18. The van der Waals surface area contributed by atoms with Crippen molar-refractivity contribution in [3.8, 4) is 0 Å². The summed E-state index contributed by atoms with van der Waals surface area (Å²) >= 11 is 0. The van der Waals surface area contributed by atoms with Crippen LogP contribution in [0.1, 0.15) is 239 Å². The summed E-state index contributed by atoms with van der Waals surface area (Å²) in [6.07, 6.45) is 73.5. The van der Waals surface area contributed by atoms with Gasteiger partial charge in [0.05, 0.1) is 0 Å². The molecule has 380 valence electrons. The number of ether oxygens (including phenoxy) is 3. The average Bonchev–Trinajstić information content (AvgIpc) is 3.33. The van der Waals surface area contributed by atoms with Gasteiger partial charge in [0.25, 0.3) is 0 Å². The highest BCUT2D eigenvalue weighted by atomic mass is 16.6. The zero-order chi connectivity index (χ0) is 48.6. The van der Waals surface area contributed by atoms with E-state index in [1.54, 1.807) is 0 Å². The molecule has 0 aliphatic carbocycles. The molecule has 67 heavy (non-hydrogen) atoms. The second-order valence-electron chi connectivity index (χ2n) is 17.7. The van der Waals surface area contributed by atoms with E-state index < -0.39 is 6.10 Å². The van der Waals surface area contributed by atoms with Crippen molar-refractivity contribution in [3.63, 3.8) is 0 Å². The molecule has 0 rings (SSSR count). The molecule has 0 spiro atoms. The summed E-state index contributed by atoms with van der Waals surface area (Å²) in [5, 5.41) is 0. The monoisotopic (exact) mass is 929 g/mol. The third-order valence-electron chi connectivity index (χ3n) is 11.2. The van der Waals surface area contributed by atoms with Crippen molar-refractivity contribution in [1.29, 1.82) is 0 Å². The first kappa shape index (κ1) is 63.1. The quantitative estimate of drug-likeness (QED) is 0.0262. The Bertz CT molecular complexity index is 1390. The van der Waals surface area contributed by atoms with Crippen LogP contribution >= 0.6 is 0 Å². The lowest BCUT2D eigenvalue weighted by molar-refractivity contribution is -0.167. The molecular weight excluding hydrogens is 829 g/mol. The molecule has 0 saturated heterocycles. The number of unbranched alkanes of at least 4 members (excludes halogenated alkanes) is 19. The van der Waals surface area contributed by atoms with E-state index >= 15 is 0 Å². The number of hydrogen-bond acceptors (Lipinski definition) is 6. The van der Waals surface area contributed by atoms with Gasteiger partial charge in [0.2, 0.25) is 0 Å². The third-order valence-corrected chi connectivity index (χ3v) is 11.2. The standard InChI is InChI=1S/C61H100O6/c1-4-7-10-13-16-19-22-25-28-29-30-31-34-36-39-42-45-48-51-54-60(63)66-57-58(67-61(64)55-52-49-46-43-40-37-33-27-24-21-18-15-12-9-6-3)56-65-59(62)53-50-47-44-41-38-35-32-26-23-20-17-14-11-8-5-2/h7,10,16-21,25-28,30-33,36,39,58H,4-6,8-9,11-15,22-24,29,34-35,37-38,40-57H2,1-3H3/b10-7-,19-16-,20-17-,21-18-,28-25-,31-30-,32-26-,33-27-,39-36-/t58-/m1/s1. The molecular formula is C61H100O6. The van der Waals surface area contributed by atoms with Crippen LogP contribution in [0.25, 0.3) is 0 Å². The fourth-order valence-corrected chi connectivity index (χ4v) is 7.12. The molecule has 6 heteroatoms. The third kappa shape index (κ3) is 52.9. The summed E-state index contributed by atoms with van der Waals surface area (Å²) in [6, 6.07) is 0. The molecule has 0 aromatic rings. The van der Waals surface area contributed by atoms with Gasteiger partial charge in [-0.3, -0.25) is 14.4 Å². The van der Waals surface area contributed by atoms with E-state index in [2.05, 4.69) is 130 Å². The van der Waals surface area contributed by atoms with Crippen LogP contribution in [0.15, 0.2) is 109 Å². The fourth-order valence-electron chi connectivity index (χ4n) is 7.12. The Labute approximate surface area is 412 Å². The van der Waals surface area contributed by atoms with Crippen molar-refractivity contribution < 1.29 is 28.6 Å². The molecule has 1 atom stereocenters. The predicted molar refractivity (Wildman–Crippen MR) is 288 cm³/mol. The van der Waals surface area contributed by atoms with E-state index in [0.29, 0.717) is 19.3 Å². The van der Waals surface area contributed by atoms with Gasteiger partial charge >= 0.3 is 17.9 Å². The van der Waals surface area contributed by atoms with Crippen LogP contribution in [0, 0.1) is 0 Å². The minimum Gasteiger partial charge on any atom is -0.462 e. The zero-order valence-corrected chi connectivity index (χ0v) is 43.4. The van der Waals surface area contributed by atoms with E-state index in [-0.39, 0.29) is 31.1 Å². The van der Waals surface area contributed by atoms with Gasteiger partial charge in [-0.2, -0.15) is 0 Å². The van der Waals surface area contributed by atoms with Crippen LogP contribution in [0.2, 0.25) is 0 Å². The molecule has 0 radical (unpaired) electrons. The van der Waals surface area contributed by atoms with Gasteiger partial charge in [0, 0.05) is 19.3 Å². The number of allylic oxidation sites excluding steroid dienone is 18. The lowest BCUT2D eigenvalue weighted by atomic mass is 10.1. The Balaban J connectivity index is 4.51. The van der Waals surface area contributed by atoms with Crippen molar-refractivity contribution in [2.24, 2.45) is 0 Å². The minimum absolute atomic E-state index is 0.104. The molecule has 0 amide bonds. The fraction of sp³-hybridized carbons (Fsp3) is 0.656. The van der Waals surface area contributed by atoms with E-state index in [1.807, 2.05) is 0 Å². The van der Waals surface area contributed by atoms with Crippen molar-refractivity contribution in [2.75, 3.05) is 13.2 Å². The Morgan fingerprint density at radius 1 is 0.313 bits per heavy atom. The molecule has 0 bridgehead atoms. The van der Waals surface area contributed by atoms with Crippen LogP contribution in [-0.4, -0.2) is 37.2 Å². The Kier molecular flexibility index (Phi) is 51.5. The molecule has 0 N–H and O–H groups in total. The van der Waals surface area contributed by atoms with Crippen LogP contribution in [0.4, 0.5) is 0 Å². The van der Waals surface area contributed by atoms with Crippen LogP contribution in [0.5, 0.6) is 0 Å². The second-order valence-corrected chi connectivity index (χ2v) is 17.7. The first-order valence-corrected chi connectivity index (χ1v) is 27.4. The minimum atomic E-state index is -0.807. The van der Waals surface area contributed by atoms with E-state index in [0.717, 1.165) is 148 Å². The van der Waals surface area contributed by atoms with Gasteiger partial charge in [0.1, 0.15) is 13.2 Å². The average molecular weight is 929 g/mol. The molecule has 0 unspecified atom stereocenters. The van der Waals surface area contributed by atoms with Gasteiger partial charge < -0.3 is 14.2 Å². The van der Waals surface area contributed by atoms with Gasteiger partial charge in [-0.25, -0.2) is 0 Å². The number of esters is 3. The van der Waals surface area contributed by atoms with Gasteiger partial charge in [0.15, 0.2) is 6.10 Å². The summed E-state index contributed by atoms with van der Waals surface area (Å²) in [5.41, 5.74) is 0. The molecule has 0 heterocycles. The number of rotatable bonds is 48. The Morgan fingerprint density at radius 3 is 0.925 bits per heavy atom. The Morgan fingerprint density at radius 2 is 0.582 bits per heavy atom. The predicted octanol–water partition coefficient (Wildman–Crippen LogP) is 18.3. The maximum Gasteiger partial charge on any atom is 0.306 e. The van der Waals surface area contributed by atoms with Crippen molar-refractivity contribution in [3.05, 3.63) is 109 Å². The smallest absolute Gasteiger partial charge is 0.306 e. The summed E-state index contributed by atoms with van der Waals surface area (Å²) in [4.78, 5) is 38.1. The van der Waals surface area contributed by atoms with Gasteiger partial charge in [-0.1, -0.05) is 201 Å². The van der Waals surface area contributed by atoms with Crippen LogP contribution in [0.3, 0.4) is 0 Å². The molecule has 0 aromatic carbocycles. The highest BCUT2D eigenvalue weighted by Crippen LogP contribution is 2.13. The summed E-state index contributed by atoms with van der Waals surface area (Å²) in [5.74, 6) is -0.966. The van der Waals surface area contributed by atoms with Gasteiger partial charge in [-0.05, 0) is 128 Å². The van der Waals surface area contributed by atoms with E-state index in [1.165, 1.54) is 51.4 Å². The SMILES string of the molecule is CC/C=C\C/C=C\C/C=C\C/C=C\C/C=C\CCCCCC(=O)OC[C@@H](COC(=O)CCCCCCC/C=C\C/C=C\CCCCC)OC(=O)CCCCCCC/C=C\C/C=C\CCCCC. The van der Waals surface area contributed by atoms with E-state index in [9.17, 15) is 14.4 Å². The number of carbonyl (C=O) groups is 3. The van der Waals surface area contributed by atoms with Crippen LogP contribution in [-0.2, 0) is 28.6 Å². The van der Waals surface area contributed by atoms with Gasteiger partial charge in [-0.15, -0.1) is 0 Å². The molecule has 0 aliphatic heterocycles. The number of hydrogen-bond donors (Lipinski definition) is 0. The highest BCUT2D eigenvalue weighted by molar-refractivity contribution is 5.71. The number of carbonyl (C=O) groups excluding carboxylic acids is 3. The molecule has 0 saturated carbocycles. The summed E-state index contributed by atoms with van der Waals surface area (Å²) in [6.45, 7) is 6.41. The zero-order valence-electron chi connectivity index (χ0n) is 43.4. The maximum atomic E-state index is 12.8. The first-order chi connectivity index (χ1) is 33.0. The van der Waals surface area contributed by atoms with E-state index in [4.69, 9.17) is 14.2 Å². The van der Waals surface area contributed by atoms with Crippen molar-refractivity contribution in [1.82, 2.24) is 0 Å². The first-order valence-electron chi connectivity index (χ1n) is 27.4. The lowest BCUT2D eigenvalue weighted by Crippen LogP contribution is -2.30. The molecule has 0 fully saturated rings. The normalized spacial score (nSPS) is 12.9. The summed E-state index contributed by atoms with van der Waals surface area (Å²) in [7, 11) is 0. The molecule has 0 aliphatic rings. The highest BCUT2D eigenvalue weighted by Gasteiger charge is 2.19. The van der Waals surface area contributed by atoms with Crippen molar-refractivity contribution in [2.45, 2.75) is 245 Å². The van der Waals surface area contributed by atoms with Crippen LogP contribution < -0.4 is 0 Å². The second kappa shape index (κ2) is 54.7. The topological polar surface area (TPSA) is 78.9 Å².